The molecule has 2 atom stereocenters. The topological polar surface area (TPSA) is 38.3 Å². The Bertz CT molecular complexity index is 433. The fourth-order valence-corrected chi connectivity index (χ4v) is 2.71. The molecule has 1 aromatic rings. The third-order valence-corrected chi connectivity index (χ3v) is 3.80. The van der Waals surface area contributed by atoms with Gasteiger partial charge in [-0.25, -0.2) is 4.39 Å². The Labute approximate surface area is 119 Å². The minimum atomic E-state index is -0.214. The van der Waals surface area contributed by atoms with Crippen molar-refractivity contribution in [3.05, 3.63) is 35.6 Å². The Morgan fingerprint density at radius 3 is 2.80 bits per heavy atom. The van der Waals surface area contributed by atoms with E-state index in [1.807, 2.05) is 6.92 Å². The summed E-state index contributed by atoms with van der Waals surface area (Å²) in [7, 11) is 0. The standard InChI is InChI=1S/C16H22FNO2/c1-2-20-16(19)13-4-3-5-15(10-13)18-11-12-6-8-14(17)9-7-12/h6-9,13,15,18H,2-5,10-11H2,1H3. The van der Waals surface area contributed by atoms with Crippen molar-refractivity contribution >= 4 is 5.97 Å². The highest BCUT2D eigenvalue weighted by Gasteiger charge is 2.27. The molecule has 0 aliphatic heterocycles. The van der Waals surface area contributed by atoms with E-state index in [2.05, 4.69) is 5.32 Å². The van der Waals surface area contributed by atoms with Gasteiger partial charge in [0.25, 0.3) is 0 Å². The zero-order valence-corrected chi connectivity index (χ0v) is 11.9. The van der Waals surface area contributed by atoms with E-state index in [-0.39, 0.29) is 17.7 Å². The molecule has 1 N–H and O–H groups in total. The Morgan fingerprint density at radius 2 is 2.10 bits per heavy atom. The minimum Gasteiger partial charge on any atom is -0.466 e. The summed E-state index contributed by atoms with van der Waals surface area (Å²) in [6, 6.07) is 6.85. The van der Waals surface area contributed by atoms with E-state index < -0.39 is 0 Å². The summed E-state index contributed by atoms with van der Waals surface area (Å²) >= 11 is 0. The summed E-state index contributed by atoms with van der Waals surface area (Å²) < 4.78 is 17.9. The van der Waals surface area contributed by atoms with Gasteiger partial charge >= 0.3 is 5.97 Å². The highest BCUT2D eigenvalue weighted by Crippen LogP contribution is 2.25. The number of rotatable bonds is 5. The fraction of sp³-hybridized carbons (Fsp3) is 0.562. The number of ether oxygens (including phenoxy) is 1. The number of esters is 1. The van der Waals surface area contributed by atoms with Gasteiger partial charge in [0, 0.05) is 12.6 Å². The highest BCUT2D eigenvalue weighted by molar-refractivity contribution is 5.72. The van der Waals surface area contributed by atoms with Gasteiger partial charge in [0.1, 0.15) is 5.82 Å². The Kier molecular flexibility index (Phi) is 5.53. The average molecular weight is 279 g/mol. The van der Waals surface area contributed by atoms with Crippen molar-refractivity contribution in [1.82, 2.24) is 5.32 Å². The summed E-state index contributed by atoms with van der Waals surface area (Å²) in [6.07, 6.45) is 3.88. The lowest BCUT2D eigenvalue weighted by Gasteiger charge is -2.28. The van der Waals surface area contributed by atoms with E-state index in [1.54, 1.807) is 12.1 Å². The maximum Gasteiger partial charge on any atom is 0.308 e. The van der Waals surface area contributed by atoms with Crippen molar-refractivity contribution in [3.8, 4) is 0 Å². The zero-order valence-electron chi connectivity index (χ0n) is 11.9. The lowest BCUT2D eigenvalue weighted by molar-refractivity contribution is -0.149. The van der Waals surface area contributed by atoms with E-state index in [0.717, 1.165) is 31.2 Å². The Balaban J connectivity index is 1.80. The van der Waals surface area contributed by atoms with E-state index in [0.29, 0.717) is 19.2 Å². The van der Waals surface area contributed by atoms with Gasteiger partial charge in [0.15, 0.2) is 0 Å². The van der Waals surface area contributed by atoms with Crippen LogP contribution in [0, 0.1) is 11.7 Å². The molecule has 2 rings (SSSR count). The van der Waals surface area contributed by atoms with Gasteiger partial charge in [-0.05, 0) is 43.9 Å². The molecule has 2 unspecified atom stereocenters. The molecular formula is C16H22FNO2. The molecule has 0 radical (unpaired) electrons. The molecule has 1 aliphatic rings. The second-order valence-corrected chi connectivity index (χ2v) is 5.32. The first-order valence-corrected chi connectivity index (χ1v) is 7.33. The van der Waals surface area contributed by atoms with E-state index >= 15 is 0 Å². The molecule has 0 aromatic heterocycles. The predicted molar refractivity (Wildman–Crippen MR) is 75.6 cm³/mol. The highest BCUT2D eigenvalue weighted by atomic mass is 19.1. The van der Waals surface area contributed by atoms with Gasteiger partial charge in [-0.2, -0.15) is 0 Å². The lowest BCUT2D eigenvalue weighted by atomic mass is 9.85. The average Bonchev–Trinajstić information content (AvgIpc) is 2.47. The van der Waals surface area contributed by atoms with E-state index in [4.69, 9.17) is 4.74 Å². The maximum atomic E-state index is 12.8. The monoisotopic (exact) mass is 279 g/mol. The Hall–Kier alpha value is -1.42. The maximum absolute atomic E-state index is 12.8. The zero-order chi connectivity index (χ0) is 14.4. The minimum absolute atomic E-state index is 0.0226. The lowest BCUT2D eigenvalue weighted by Crippen LogP contribution is -2.36. The van der Waals surface area contributed by atoms with E-state index in [1.165, 1.54) is 12.1 Å². The van der Waals surface area contributed by atoms with Crippen LogP contribution in [-0.2, 0) is 16.1 Å². The molecule has 0 heterocycles. The number of hydrogen-bond donors (Lipinski definition) is 1. The van der Waals surface area contributed by atoms with Crippen LogP contribution in [0.2, 0.25) is 0 Å². The molecule has 1 aliphatic carbocycles. The summed E-state index contributed by atoms with van der Waals surface area (Å²) in [4.78, 5) is 11.8. The van der Waals surface area contributed by atoms with Gasteiger partial charge in [0.2, 0.25) is 0 Å². The van der Waals surface area contributed by atoms with Crippen molar-refractivity contribution in [1.29, 1.82) is 0 Å². The number of benzene rings is 1. The van der Waals surface area contributed by atoms with Crippen molar-refractivity contribution in [2.75, 3.05) is 6.61 Å². The van der Waals surface area contributed by atoms with Crippen LogP contribution in [0.5, 0.6) is 0 Å². The van der Waals surface area contributed by atoms with Crippen LogP contribution in [-0.4, -0.2) is 18.6 Å². The van der Waals surface area contributed by atoms with Gasteiger partial charge in [-0.15, -0.1) is 0 Å². The number of carbonyl (C=O) groups excluding carboxylic acids is 1. The molecule has 0 saturated heterocycles. The summed E-state index contributed by atoms with van der Waals surface area (Å²) in [5, 5.41) is 3.45. The third kappa shape index (κ3) is 4.30. The molecule has 1 aromatic carbocycles. The molecule has 0 spiro atoms. The smallest absolute Gasteiger partial charge is 0.308 e. The summed E-state index contributed by atoms with van der Waals surface area (Å²) in [5.74, 6) is -0.260. The number of halogens is 1. The number of hydrogen-bond acceptors (Lipinski definition) is 3. The van der Waals surface area contributed by atoms with Gasteiger partial charge in [-0.1, -0.05) is 18.6 Å². The molecule has 1 saturated carbocycles. The Morgan fingerprint density at radius 1 is 1.35 bits per heavy atom. The second-order valence-electron chi connectivity index (χ2n) is 5.32. The second kappa shape index (κ2) is 7.39. The molecule has 0 bridgehead atoms. The third-order valence-electron chi connectivity index (χ3n) is 3.80. The number of nitrogens with one attached hydrogen (secondary N) is 1. The first-order valence-electron chi connectivity index (χ1n) is 7.33. The molecule has 20 heavy (non-hydrogen) atoms. The summed E-state index contributed by atoms with van der Waals surface area (Å²) in [5.41, 5.74) is 1.06. The van der Waals surface area contributed by atoms with Crippen molar-refractivity contribution in [3.63, 3.8) is 0 Å². The first kappa shape index (κ1) is 15.0. The van der Waals surface area contributed by atoms with Crippen molar-refractivity contribution in [2.45, 2.75) is 45.2 Å². The molecule has 0 amide bonds. The number of carbonyl (C=O) groups is 1. The molecule has 110 valence electrons. The van der Waals surface area contributed by atoms with Gasteiger partial charge in [-0.3, -0.25) is 4.79 Å². The molecule has 1 fully saturated rings. The quantitative estimate of drug-likeness (QED) is 0.842. The van der Waals surface area contributed by atoms with Crippen LogP contribution in [0.1, 0.15) is 38.2 Å². The van der Waals surface area contributed by atoms with Gasteiger partial charge in [0.05, 0.1) is 12.5 Å². The molecular weight excluding hydrogens is 257 g/mol. The predicted octanol–water partition coefficient (Wildman–Crippen LogP) is 3.04. The van der Waals surface area contributed by atoms with Crippen LogP contribution in [0.15, 0.2) is 24.3 Å². The SMILES string of the molecule is CCOC(=O)C1CCCC(NCc2ccc(F)cc2)C1. The van der Waals surface area contributed by atoms with Crippen LogP contribution >= 0.6 is 0 Å². The van der Waals surface area contributed by atoms with Crippen LogP contribution in [0.25, 0.3) is 0 Å². The van der Waals surface area contributed by atoms with Crippen molar-refractivity contribution < 1.29 is 13.9 Å². The van der Waals surface area contributed by atoms with Crippen molar-refractivity contribution in [2.24, 2.45) is 5.92 Å². The normalized spacial score (nSPS) is 22.5. The molecule has 4 heteroatoms. The van der Waals surface area contributed by atoms with Crippen LogP contribution < -0.4 is 5.32 Å². The van der Waals surface area contributed by atoms with Crippen LogP contribution in [0.3, 0.4) is 0 Å². The largest absolute Gasteiger partial charge is 0.466 e. The fourth-order valence-electron chi connectivity index (χ4n) is 2.71. The first-order chi connectivity index (χ1) is 9.69. The molecule has 3 nitrogen and oxygen atoms in total. The van der Waals surface area contributed by atoms with Gasteiger partial charge < -0.3 is 10.1 Å². The van der Waals surface area contributed by atoms with Crippen LogP contribution in [0.4, 0.5) is 4.39 Å². The summed E-state index contributed by atoms with van der Waals surface area (Å²) in [6.45, 7) is 2.99. The van der Waals surface area contributed by atoms with E-state index in [9.17, 15) is 9.18 Å².